The summed E-state index contributed by atoms with van der Waals surface area (Å²) in [7, 11) is 4.28. The van der Waals surface area contributed by atoms with Crippen molar-refractivity contribution in [2.24, 2.45) is 0 Å². The SMILES string of the molecule is [Si][Si]c1ccc2cc3ccc4cc5ccccc5cc4c3cc2c1. The van der Waals surface area contributed by atoms with E-state index in [0.717, 1.165) is 0 Å². The fourth-order valence-electron chi connectivity index (χ4n) is 3.57. The molecule has 0 N–H and O–H groups in total. The minimum atomic E-state index is 0.644. The quantitative estimate of drug-likeness (QED) is 0.237. The summed E-state index contributed by atoms with van der Waals surface area (Å²) in [6.45, 7) is 0. The van der Waals surface area contributed by atoms with Gasteiger partial charge < -0.3 is 0 Å². The van der Waals surface area contributed by atoms with E-state index >= 15 is 0 Å². The zero-order valence-electron chi connectivity index (χ0n) is 13.0. The predicted octanol–water partition coefficient (Wildman–Crippen LogP) is 4.71. The van der Waals surface area contributed by atoms with E-state index in [0.29, 0.717) is 9.04 Å². The van der Waals surface area contributed by atoms with Crippen molar-refractivity contribution >= 4 is 67.1 Å². The molecule has 5 aromatic carbocycles. The molecular weight excluding hydrogens is 320 g/mol. The van der Waals surface area contributed by atoms with Gasteiger partial charge in [0.15, 0.2) is 0 Å². The van der Waals surface area contributed by atoms with E-state index in [2.05, 4.69) is 88.6 Å². The zero-order chi connectivity index (χ0) is 16.1. The first-order valence-electron chi connectivity index (χ1n) is 8.04. The van der Waals surface area contributed by atoms with Gasteiger partial charge in [-0.3, -0.25) is 0 Å². The van der Waals surface area contributed by atoms with Gasteiger partial charge in [-0.2, -0.15) is 0 Å². The molecule has 0 saturated heterocycles. The predicted molar refractivity (Wildman–Crippen MR) is 108 cm³/mol. The van der Waals surface area contributed by atoms with E-state index in [4.69, 9.17) is 0 Å². The van der Waals surface area contributed by atoms with Crippen LogP contribution in [0.2, 0.25) is 0 Å². The van der Waals surface area contributed by atoms with Crippen LogP contribution in [0.5, 0.6) is 0 Å². The Balaban J connectivity index is 1.93. The first-order chi connectivity index (χ1) is 11.8. The van der Waals surface area contributed by atoms with Crippen molar-refractivity contribution in [3.05, 3.63) is 78.9 Å². The van der Waals surface area contributed by atoms with Crippen LogP contribution in [0.3, 0.4) is 0 Å². The Labute approximate surface area is 146 Å². The van der Waals surface area contributed by atoms with Gasteiger partial charge in [0.25, 0.3) is 0 Å². The van der Waals surface area contributed by atoms with Gasteiger partial charge in [0, 0.05) is 9.76 Å². The van der Waals surface area contributed by atoms with Gasteiger partial charge in [-0.1, -0.05) is 59.8 Å². The van der Waals surface area contributed by atoms with E-state index in [9.17, 15) is 0 Å². The van der Waals surface area contributed by atoms with Crippen molar-refractivity contribution in [3.8, 4) is 0 Å². The Hall–Kier alpha value is -2.43. The summed E-state index contributed by atoms with van der Waals surface area (Å²) in [5.74, 6) is 0. The molecule has 0 aromatic heterocycles. The van der Waals surface area contributed by atoms with Gasteiger partial charge in [0.2, 0.25) is 0 Å². The van der Waals surface area contributed by atoms with Gasteiger partial charge in [-0.25, -0.2) is 0 Å². The number of benzene rings is 5. The first kappa shape index (κ1) is 14.0. The third-order valence-electron chi connectivity index (χ3n) is 4.80. The summed E-state index contributed by atoms with van der Waals surface area (Å²) in [5, 5.41) is 11.8. The third-order valence-corrected chi connectivity index (χ3v) is 6.27. The van der Waals surface area contributed by atoms with E-state index < -0.39 is 0 Å². The van der Waals surface area contributed by atoms with E-state index in [-0.39, 0.29) is 0 Å². The van der Waals surface area contributed by atoms with Gasteiger partial charge >= 0.3 is 0 Å². The molecule has 0 fully saturated rings. The van der Waals surface area contributed by atoms with Crippen molar-refractivity contribution in [2.75, 3.05) is 0 Å². The van der Waals surface area contributed by atoms with Crippen LogP contribution >= 0.6 is 0 Å². The molecule has 0 aliphatic rings. The average Bonchev–Trinajstić information content (AvgIpc) is 2.64. The Morgan fingerprint density at radius 1 is 0.500 bits per heavy atom. The maximum absolute atomic E-state index is 3.64. The van der Waals surface area contributed by atoms with E-state index in [1.807, 2.05) is 0 Å². The molecule has 5 rings (SSSR count). The second kappa shape index (κ2) is 5.30. The highest BCUT2D eigenvalue weighted by molar-refractivity contribution is 6.97. The monoisotopic (exact) mass is 333 g/mol. The molecule has 0 aliphatic carbocycles. The molecule has 0 unspecified atom stereocenters. The summed E-state index contributed by atoms with van der Waals surface area (Å²) < 4.78 is 0. The van der Waals surface area contributed by atoms with Gasteiger partial charge in [-0.05, 0) is 67.4 Å². The molecule has 0 atom stereocenters. The lowest BCUT2D eigenvalue weighted by Gasteiger charge is -2.09. The molecule has 0 heterocycles. The highest BCUT2D eigenvalue weighted by Crippen LogP contribution is 2.31. The van der Waals surface area contributed by atoms with Gasteiger partial charge in [-0.15, -0.1) is 0 Å². The molecule has 5 aromatic rings. The van der Waals surface area contributed by atoms with Crippen LogP contribution < -0.4 is 5.19 Å². The largest absolute Gasteiger partial charge is 0.0675 e. The Morgan fingerprint density at radius 2 is 1.04 bits per heavy atom. The lowest BCUT2D eigenvalue weighted by molar-refractivity contribution is 1.79. The van der Waals surface area contributed by atoms with Crippen LogP contribution in [-0.4, -0.2) is 18.8 Å². The average molecular weight is 334 g/mol. The molecule has 0 bridgehead atoms. The van der Waals surface area contributed by atoms with E-state index in [1.165, 1.54) is 48.3 Å². The molecule has 5 radical (unpaired) electrons. The summed E-state index contributed by atoms with van der Waals surface area (Å²) in [5.41, 5.74) is 0. The molecule has 0 aliphatic heterocycles. The Morgan fingerprint density at radius 3 is 1.71 bits per heavy atom. The summed E-state index contributed by atoms with van der Waals surface area (Å²) in [6, 6.07) is 29.1. The smallest absolute Gasteiger partial charge is 0.0604 e. The number of fused-ring (bicyclic) bond motifs is 5. The third kappa shape index (κ3) is 2.11. The maximum atomic E-state index is 3.64. The highest BCUT2D eigenvalue weighted by Gasteiger charge is 2.05. The summed E-state index contributed by atoms with van der Waals surface area (Å²) >= 11 is 0. The van der Waals surface area contributed by atoms with Crippen LogP contribution in [-0.2, 0) is 0 Å². The highest BCUT2D eigenvalue weighted by atomic mass is 29.1. The second-order valence-corrected chi connectivity index (χ2v) is 7.82. The van der Waals surface area contributed by atoms with Crippen LogP contribution in [0.25, 0.3) is 43.1 Å². The molecule has 0 spiro atoms. The topological polar surface area (TPSA) is 0 Å². The summed E-state index contributed by atoms with van der Waals surface area (Å²) in [4.78, 5) is 0. The molecule has 24 heavy (non-hydrogen) atoms. The van der Waals surface area contributed by atoms with Gasteiger partial charge in [0.05, 0.1) is 9.04 Å². The van der Waals surface area contributed by atoms with Crippen LogP contribution in [0, 0.1) is 0 Å². The number of hydrogen-bond acceptors (Lipinski definition) is 0. The fourth-order valence-corrected chi connectivity index (χ4v) is 4.43. The molecule has 109 valence electrons. The number of rotatable bonds is 1. The number of hydrogen-bond donors (Lipinski definition) is 0. The minimum absolute atomic E-state index is 0.644. The first-order valence-corrected chi connectivity index (χ1v) is 10.5. The maximum Gasteiger partial charge on any atom is 0.0604 e. The molecule has 0 amide bonds. The summed E-state index contributed by atoms with van der Waals surface area (Å²) in [6.07, 6.45) is 0. The minimum Gasteiger partial charge on any atom is -0.0675 e. The molecule has 2 heteroatoms. The van der Waals surface area contributed by atoms with Crippen LogP contribution in [0.1, 0.15) is 0 Å². The Bertz CT molecular complexity index is 1240. The molecule has 0 saturated carbocycles. The fraction of sp³-hybridized carbons (Fsp3) is 0. The molecular formula is C22H13Si2. The Kier molecular flexibility index (Phi) is 3.08. The van der Waals surface area contributed by atoms with Crippen LogP contribution in [0.4, 0.5) is 0 Å². The van der Waals surface area contributed by atoms with E-state index in [1.54, 1.807) is 0 Å². The van der Waals surface area contributed by atoms with Crippen molar-refractivity contribution in [1.82, 2.24) is 0 Å². The second-order valence-electron chi connectivity index (χ2n) is 6.25. The standard InChI is InChI=1S/C22H13Si2/c23-24-20-8-7-16-10-18-6-5-17-9-14-3-1-2-4-15(14)12-21(17)22(18)13-19(16)11-20/h1-13H. The lowest BCUT2D eigenvalue weighted by atomic mass is 9.96. The lowest BCUT2D eigenvalue weighted by Crippen LogP contribution is -2.12. The van der Waals surface area contributed by atoms with Gasteiger partial charge in [0.1, 0.15) is 0 Å². The zero-order valence-corrected chi connectivity index (χ0v) is 15.0. The normalized spacial score (nSPS) is 11.7. The van der Waals surface area contributed by atoms with Crippen LogP contribution in [0.15, 0.2) is 78.9 Å². The van der Waals surface area contributed by atoms with Crippen molar-refractivity contribution in [1.29, 1.82) is 0 Å². The van der Waals surface area contributed by atoms with Crippen molar-refractivity contribution in [2.45, 2.75) is 0 Å². The van der Waals surface area contributed by atoms with Crippen molar-refractivity contribution < 1.29 is 0 Å². The molecule has 0 nitrogen and oxygen atoms in total. The van der Waals surface area contributed by atoms with Crippen molar-refractivity contribution in [3.63, 3.8) is 0 Å².